The third-order valence-corrected chi connectivity index (χ3v) is 9.98. The highest BCUT2D eigenvalue weighted by molar-refractivity contribution is 6.31. The number of hydrogen-bond donors (Lipinski definition) is 0. The summed E-state index contributed by atoms with van der Waals surface area (Å²) >= 11 is 6.27. The lowest BCUT2D eigenvalue weighted by molar-refractivity contribution is -0.129. The normalized spacial score (nSPS) is 22.4. The van der Waals surface area contributed by atoms with E-state index in [2.05, 4.69) is 21.9 Å². The third kappa shape index (κ3) is 7.23. The van der Waals surface area contributed by atoms with Gasteiger partial charge in [-0.15, -0.1) is 0 Å². The molecule has 2 aromatic carbocycles. The molecule has 0 bridgehead atoms. The molecule has 230 valence electrons. The lowest BCUT2D eigenvalue weighted by atomic mass is 9.76. The number of likely N-dealkylation sites (tertiary alicyclic amines) is 3. The minimum Gasteiger partial charge on any atom is -0.490 e. The van der Waals surface area contributed by atoms with Gasteiger partial charge in [-0.25, -0.2) is 4.39 Å². The second-order valence-corrected chi connectivity index (χ2v) is 12.6. The van der Waals surface area contributed by atoms with E-state index in [0.717, 1.165) is 50.0 Å². The van der Waals surface area contributed by atoms with Crippen LogP contribution in [0.3, 0.4) is 0 Å². The van der Waals surface area contributed by atoms with E-state index < -0.39 is 5.82 Å². The fourth-order valence-electron chi connectivity index (χ4n) is 7.18. The fraction of sp³-hybridized carbons (Fsp3) is 0.618. The van der Waals surface area contributed by atoms with Crippen molar-refractivity contribution in [1.82, 2.24) is 14.7 Å². The molecule has 0 radical (unpaired) electrons. The third-order valence-electron chi connectivity index (χ3n) is 9.62. The maximum Gasteiger partial charge on any atom is 0.227 e. The van der Waals surface area contributed by atoms with Crippen LogP contribution in [0.15, 0.2) is 36.4 Å². The molecule has 3 heterocycles. The van der Waals surface area contributed by atoms with Crippen molar-refractivity contribution < 1.29 is 18.7 Å². The van der Waals surface area contributed by atoms with Crippen molar-refractivity contribution in [2.45, 2.75) is 76.7 Å². The lowest BCUT2D eigenvalue weighted by Gasteiger charge is -2.41. The molecule has 3 aliphatic heterocycles. The molecule has 3 aliphatic rings. The van der Waals surface area contributed by atoms with Gasteiger partial charge in [0.2, 0.25) is 5.91 Å². The van der Waals surface area contributed by atoms with Crippen LogP contribution in [0.4, 0.5) is 4.39 Å². The molecule has 2 aromatic rings. The van der Waals surface area contributed by atoms with Gasteiger partial charge in [0, 0.05) is 35.1 Å². The molecule has 6 nitrogen and oxygen atoms in total. The predicted molar refractivity (Wildman–Crippen MR) is 166 cm³/mol. The Bertz CT molecular complexity index is 1180. The van der Waals surface area contributed by atoms with Crippen LogP contribution < -0.4 is 9.47 Å². The van der Waals surface area contributed by atoms with Crippen LogP contribution in [0.5, 0.6) is 11.5 Å². The summed E-state index contributed by atoms with van der Waals surface area (Å²) in [6, 6.07) is 11.6. The van der Waals surface area contributed by atoms with Crippen molar-refractivity contribution >= 4 is 17.5 Å². The van der Waals surface area contributed by atoms with Crippen molar-refractivity contribution in [1.29, 1.82) is 0 Å². The fourth-order valence-corrected chi connectivity index (χ4v) is 7.41. The summed E-state index contributed by atoms with van der Waals surface area (Å²) in [5.41, 5.74) is 1.24. The molecule has 0 N–H and O–H groups in total. The SMILES string of the molecule is CCOc1ccc([C@]2(CCN3CCC(N4CCCCC4)CC3)CCN(C(=O)Cc3c(F)cccc3Cl)C2)cc1OCC. The van der Waals surface area contributed by atoms with Crippen molar-refractivity contribution in [2.24, 2.45) is 0 Å². The Kier molecular flexibility index (Phi) is 10.7. The Labute approximate surface area is 256 Å². The van der Waals surface area contributed by atoms with Crippen LogP contribution in [0.1, 0.15) is 69.9 Å². The van der Waals surface area contributed by atoms with E-state index in [9.17, 15) is 9.18 Å². The molecule has 1 amide bonds. The Morgan fingerprint density at radius 2 is 1.71 bits per heavy atom. The number of ether oxygens (including phenoxy) is 2. The first-order chi connectivity index (χ1) is 20.4. The number of piperidine rings is 2. The molecule has 5 rings (SSSR count). The maximum absolute atomic E-state index is 14.5. The molecule has 3 fully saturated rings. The van der Waals surface area contributed by atoms with Gasteiger partial charge in [-0.05, 0) is 115 Å². The van der Waals surface area contributed by atoms with Crippen LogP contribution in [0.25, 0.3) is 0 Å². The van der Waals surface area contributed by atoms with Gasteiger partial charge in [0.1, 0.15) is 5.82 Å². The average molecular weight is 600 g/mol. The second kappa shape index (κ2) is 14.4. The molecular weight excluding hydrogens is 553 g/mol. The first-order valence-corrected chi connectivity index (χ1v) is 16.4. The predicted octanol–water partition coefficient (Wildman–Crippen LogP) is 6.33. The molecule has 8 heteroatoms. The molecular formula is C34H47ClFN3O3. The lowest BCUT2D eigenvalue weighted by Crippen LogP contribution is -2.47. The van der Waals surface area contributed by atoms with Crippen molar-refractivity contribution in [3.63, 3.8) is 0 Å². The summed E-state index contributed by atoms with van der Waals surface area (Å²) in [5.74, 6) is 0.990. The quantitative estimate of drug-likeness (QED) is 0.302. The Hall–Kier alpha value is -2.35. The van der Waals surface area contributed by atoms with E-state index in [4.69, 9.17) is 21.1 Å². The minimum atomic E-state index is -0.429. The number of rotatable bonds is 11. The van der Waals surface area contributed by atoms with Crippen molar-refractivity contribution in [3.05, 3.63) is 58.4 Å². The van der Waals surface area contributed by atoms with E-state index in [1.165, 1.54) is 56.8 Å². The standard InChI is InChI=1S/C34H47ClFN3O3/c1-3-41-31-12-11-26(23-32(31)42-4-2)34(15-21-37-19-13-27(14-20-37)38-17-6-5-7-18-38)16-22-39(25-34)33(40)24-28-29(35)9-8-10-30(28)36/h8-12,23,27H,3-7,13-22,24-25H2,1-2H3/t34-/m1/s1. The molecule has 1 atom stereocenters. The van der Waals surface area contributed by atoms with Crippen LogP contribution in [0.2, 0.25) is 5.02 Å². The summed E-state index contributed by atoms with van der Waals surface area (Å²) in [7, 11) is 0. The van der Waals surface area contributed by atoms with E-state index in [-0.39, 0.29) is 23.3 Å². The zero-order valence-electron chi connectivity index (χ0n) is 25.4. The molecule has 0 aliphatic carbocycles. The molecule has 0 spiro atoms. The number of nitrogens with zero attached hydrogens (tertiary/aromatic N) is 3. The largest absolute Gasteiger partial charge is 0.490 e. The summed E-state index contributed by atoms with van der Waals surface area (Å²) < 4.78 is 26.4. The van der Waals surface area contributed by atoms with Gasteiger partial charge in [-0.3, -0.25) is 4.79 Å². The highest BCUT2D eigenvalue weighted by Gasteiger charge is 2.42. The molecule has 3 saturated heterocycles. The molecule has 42 heavy (non-hydrogen) atoms. The van der Waals surface area contributed by atoms with Crippen LogP contribution in [0, 0.1) is 5.82 Å². The van der Waals surface area contributed by atoms with E-state index in [0.29, 0.717) is 31.3 Å². The first-order valence-electron chi connectivity index (χ1n) is 16.0. The summed E-state index contributed by atoms with van der Waals surface area (Å²) in [6.45, 7) is 12.1. The van der Waals surface area contributed by atoms with Crippen LogP contribution in [-0.2, 0) is 16.6 Å². The highest BCUT2D eigenvalue weighted by Crippen LogP contribution is 2.42. The van der Waals surface area contributed by atoms with E-state index >= 15 is 0 Å². The number of amides is 1. The number of carbonyl (C=O) groups is 1. The number of hydrogen-bond acceptors (Lipinski definition) is 5. The van der Waals surface area contributed by atoms with Crippen molar-refractivity contribution in [3.8, 4) is 11.5 Å². The van der Waals surface area contributed by atoms with Gasteiger partial charge in [0.15, 0.2) is 11.5 Å². The molecule has 0 aromatic heterocycles. The molecule has 0 saturated carbocycles. The van der Waals surface area contributed by atoms with Gasteiger partial charge in [-0.2, -0.15) is 0 Å². The zero-order chi connectivity index (χ0) is 29.5. The summed E-state index contributed by atoms with van der Waals surface area (Å²) in [6.07, 6.45) is 8.30. The summed E-state index contributed by atoms with van der Waals surface area (Å²) in [4.78, 5) is 20.7. The number of halogens is 2. The van der Waals surface area contributed by atoms with Gasteiger partial charge in [0.05, 0.1) is 19.6 Å². The van der Waals surface area contributed by atoms with Gasteiger partial charge >= 0.3 is 0 Å². The first kappa shape index (κ1) is 31.1. The zero-order valence-corrected chi connectivity index (χ0v) is 26.1. The average Bonchev–Trinajstić information content (AvgIpc) is 3.46. The molecule has 0 unspecified atom stereocenters. The minimum absolute atomic E-state index is 0.0287. The second-order valence-electron chi connectivity index (χ2n) is 12.2. The Morgan fingerprint density at radius 3 is 2.43 bits per heavy atom. The van der Waals surface area contributed by atoms with E-state index in [1.807, 2.05) is 24.8 Å². The topological polar surface area (TPSA) is 45.2 Å². The monoisotopic (exact) mass is 599 g/mol. The van der Waals surface area contributed by atoms with Crippen molar-refractivity contribution in [2.75, 3.05) is 59.0 Å². The van der Waals surface area contributed by atoms with Gasteiger partial charge < -0.3 is 24.2 Å². The smallest absolute Gasteiger partial charge is 0.227 e. The number of benzene rings is 2. The summed E-state index contributed by atoms with van der Waals surface area (Å²) in [5, 5.41) is 0.301. The van der Waals surface area contributed by atoms with Crippen LogP contribution >= 0.6 is 11.6 Å². The Balaban J connectivity index is 1.32. The highest BCUT2D eigenvalue weighted by atomic mass is 35.5. The van der Waals surface area contributed by atoms with E-state index in [1.54, 1.807) is 12.1 Å². The van der Waals surface area contributed by atoms with Crippen LogP contribution in [-0.4, -0.2) is 85.7 Å². The number of carbonyl (C=O) groups excluding carboxylic acids is 1. The maximum atomic E-state index is 14.5. The van der Waals surface area contributed by atoms with Gasteiger partial charge in [0.25, 0.3) is 0 Å². The Morgan fingerprint density at radius 1 is 0.976 bits per heavy atom. The van der Waals surface area contributed by atoms with Gasteiger partial charge in [-0.1, -0.05) is 30.2 Å².